The molecule has 6 rings (SSSR count). The highest BCUT2D eigenvalue weighted by Crippen LogP contribution is 2.70. The molecule has 0 spiro atoms. The molecule has 6 heteroatoms. The molecule has 0 radical (unpaired) electrons. The van der Waals surface area contributed by atoms with Crippen LogP contribution in [-0.2, 0) is 15.0 Å². The van der Waals surface area contributed by atoms with Crippen molar-refractivity contribution in [1.82, 2.24) is 9.80 Å². The molecular weight excluding hydrogens is 628 g/mol. The number of nitrogens with zero attached hydrogens (tertiary/aromatic N) is 2. The van der Waals surface area contributed by atoms with Crippen LogP contribution in [0.4, 0.5) is 0 Å². The Labute approximate surface area is 302 Å². The largest absolute Gasteiger partial charge is 0.393 e. The summed E-state index contributed by atoms with van der Waals surface area (Å²) in [6, 6.07) is 8.25. The molecule has 0 heterocycles. The molecule has 0 saturated heterocycles. The summed E-state index contributed by atoms with van der Waals surface area (Å²) in [5.74, 6) is 2.93. The number of aliphatic hydroxyl groups excluding tert-OH is 1. The third kappa shape index (κ3) is 6.72. The van der Waals surface area contributed by atoms with Gasteiger partial charge in [0.2, 0.25) is 5.91 Å². The fourth-order valence-electron chi connectivity index (χ4n) is 12.0. The third-order valence-corrected chi connectivity index (χ3v) is 15.3. The van der Waals surface area contributed by atoms with Gasteiger partial charge in [0.25, 0.3) is 0 Å². The smallest absolute Gasteiger partial charge is 0.223 e. The number of amides is 1. The summed E-state index contributed by atoms with van der Waals surface area (Å²) in [6.07, 6.45) is 11.7. The van der Waals surface area contributed by atoms with Crippen molar-refractivity contribution in [3.63, 3.8) is 0 Å². The van der Waals surface area contributed by atoms with E-state index < -0.39 is 0 Å². The van der Waals surface area contributed by atoms with Crippen LogP contribution in [-0.4, -0.2) is 66.4 Å². The second-order valence-corrected chi connectivity index (χ2v) is 19.1. The van der Waals surface area contributed by atoms with Gasteiger partial charge in [-0.3, -0.25) is 9.59 Å². The highest BCUT2D eigenvalue weighted by Gasteiger charge is 2.63. The van der Waals surface area contributed by atoms with Crippen LogP contribution in [0.25, 0.3) is 0 Å². The highest BCUT2D eigenvalue weighted by atomic mass is 35.5. The molecule has 0 aromatic heterocycles. The van der Waals surface area contributed by atoms with E-state index in [0.717, 1.165) is 68.6 Å². The molecule has 5 aliphatic carbocycles. The Bertz CT molecular complexity index is 1430. The molecule has 1 amide bonds. The molecule has 4 fully saturated rings. The van der Waals surface area contributed by atoms with Gasteiger partial charge in [0.05, 0.1) is 6.10 Å². The highest BCUT2D eigenvalue weighted by molar-refractivity contribution is 6.30. The van der Waals surface area contributed by atoms with Crippen LogP contribution in [0.5, 0.6) is 0 Å². The van der Waals surface area contributed by atoms with Crippen molar-refractivity contribution in [3.8, 4) is 0 Å². The molecule has 1 aromatic carbocycles. The van der Waals surface area contributed by atoms with Gasteiger partial charge in [0.15, 0.2) is 5.78 Å². The molecular formula is C43H65ClN2O3. The Morgan fingerprint density at radius 1 is 0.959 bits per heavy atom. The Morgan fingerprint density at radius 2 is 1.65 bits per heavy atom. The zero-order chi connectivity index (χ0) is 35.5. The van der Waals surface area contributed by atoms with Crippen molar-refractivity contribution >= 4 is 23.3 Å². The lowest BCUT2D eigenvalue weighted by Crippen LogP contribution is -2.57. The topological polar surface area (TPSA) is 60.9 Å². The Hall–Kier alpha value is -1.69. The van der Waals surface area contributed by atoms with Crippen LogP contribution in [0.15, 0.2) is 35.4 Å². The van der Waals surface area contributed by atoms with E-state index >= 15 is 0 Å². The summed E-state index contributed by atoms with van der Waals surface area (Å²) in [5, 5.41) is 11.0. The van der Waals surface area contributed by atoms with Crippen molar-refractivity contribution in [1.29, 1.82) is 0 Å². The number of allylic oxidation sites excluding steroid dienone is 2. The van der Waals surface area contributed by atoms with Crippen LogP contribution in [0.3, 0.4) is 0 Å². The molecule has 5 aliphatic rings. The predicted octanol–water partition coefficient (Wildman–Crippen LogP) is 9.10. The number of benzene rings is 1. The number of carbonyl (C=O) groups excluding carboxylic acids is 2. The van der Waals surface area contributed by atoms with E-state index in [-0.39, 0.29) is 39.6 Å². The van der Waals surface area contributed by atoms with Crippen molar-refractivity contribution in [2.24, 2.45) is 45.8 Å². The normalized spacial score (nSPS) is 35.6. The number of halogens is 1. The van der Waals surface area contributed by atoms with E-state index in [1.165, 1.54) is 30.4 Å². The van der Waals surface area contributed by atoms with Crippen LogP contribution >= 0.6 is 11.6 Å². The summed E-state index contributed by atoms with van der Waals surface area (Å²) >= 11 is 6.26. The molecule has 1 N–H and O–H groups in total. The standard InChI is InChI=1S/C43H65ClN2O3/c1-28(2)38-35(48)25-43(26-37(49)46(24-23-45(7)8)27-42(21-22-42)31-9-11-32(44)12-10-31)20-17-34-33(39(38)43)13-14-36-40(5,19-16-30(4)47)29(3)15-18-41(34,36)6/h9-12,28-30,33-34,36,47H,13-27H2,1-8H3. The first-order valence-electron chi connectivity index (χ1n) is 19.7. The lowest BCUT2D eigenvalue weighted by Gasteiger charge is -2.65. The van der Waals surface area contributed by atoms with Crippen molar-refractivity contribution in [3.05, 3.63) is 46.0 Å². The maximum absolute atomic E-state index is 14.8. The molecule has 0 bridgehead atoms. The molecule has 49 heavy (non-hydrogen) atoms. The molecule has 8 atom stereocenters. The fraction of sp³-hybridized carbons (Fsp3) is 0.767. The van der Waals surface area contributed by atoms with E-state index in [9.17, 15) is 14.7 Å². The maximum Gasteiger partial charge on any atom is 0.223 e. The minimum atomic E-state index is -0.344. The molecule has 1 aromatic rings. The third-order valence-electron chi connectivity index (χ3n) is 15.0. The van der Waals surface area contributed by atoms with Crippen molar-refractivity contribution in [2.45, 2.75) is 130 Å². The number of rotatable bonds is 12. The number of carbonyl (C=O) groups is 2. The minimum Gasteiger partial charge on any atom is -0.393 e. The first-order valence-corrected chi connectivity index (χ1v) is 20.1. The second-order valence-electron chi connectivity index (χ2n) is 18.7. The van der Waals surface area contributed by atoms with E-state index in [4.69, 9.17) is 11.6 Å². The summed E-state index contributed by atoms with van der Waals surface area (Å²) in [4.78, 5) is 33.2. The predicted molar refractivity (Wildman–Crippen MR) is 201 cm³/mol. The van der Waals surface area contributed by atoms with Crippen LogP contribution in [0, 0.1) is 45.8 Å². The van der Waals surface area contributed by atoms with Gasteiger partial charge in [0, 0.05) is 48.3 Å². The number of Topliss-reactive ketones (excluding diaryl/α,β-unsaturated/α-hetero) is 1. The van der Waals surface area contributed by atoms with Gasteiger partial charge in [-0.15, -0.1) is 0 Å². The Balaban J connectivity index is 1.30. The minimum absolute atomic E-state index is 0.000704. The van der Waals surface area contributed by atoms with Gasteiger partial charge in [-0.25, -0.2) is 0 Å². The monoisotopic (exact) mass is 692 g/mol. The van der Waals surface area contributed by atoms with Crippen molar-refractivity contribution < 1.29 is 14.7 Å². The average Bonchev–Trinajstić information content (AvgIpc) is 3.75. The quantitative estimate of drug-likeness (QED) is 0.237. The van der Waals surface area contributed by atoms with Crippen molar-refractivity contribution in [2.75, 3.05) is 33.7 Å². The van der Waals surface area contributed by atoms with E-state index in [2.05, 4.69) is 70.6 Å². The number of fused-ring (bicyclic) bond motifs is 5. The van der Waals surface area contributed by atoms with E-state index in [1.54, 1.807) is 0 Å². The van der Waals surface area contributed by atoms with Crippen LogP contribution < -0.4 is 0 Å². The van der Waals surface area contributed by atoms with Gasteiger partial charge in [0.1, 0.15) is 0 Å². The van der Waals surface area contributed by atoms with E-state index in [0.29, 0.717) is 48.8 Å². The fourth-order valence-corrected chi connectivity index (χ4v) is 12.1. The van der Waals surface area contributed by atoms with Crippen LogP contribution in [0.1, 0.15) is 124 Å². The first kappa shape index (κ1) is 37.1. The molecule has 8 unspecified atom stereocenters. The Kier molecular flexibility index (Phi) is 10.4. The van der Waals surface area contributed by atoms with Gasteiger partial charge >= 0.3 is 0 Å². The second kappa shape index (κ2) is 13.7. The summed E-state index contributed by atoms with van der Waals surface area (Å²) in [6.45, 7) is 16.2. The number of ketones is 1. The average molecular weight is 693 g/mol. The summed E-state index contributed by atoms with van der Waals surface area (Å²) < 4.78 is 0. The molecule has 272 valence electrons. The van der Waals surface area contributed by atoms with Gasteiger partial charge < -0.3 is 14.9 Å². The summed E-state index contributed by atoms with van der Waals surface area (Å²) in [5.41, 5.74) is 3.86. The molecule has 5 nitrogen and oxygen atoms in total. The lowest BCUT2D eigenvalue weighted by atomic mass is 9.40. The van der Waals surface area contributed by atoms with Gasteiger partial charge in [-0.2, -0.15) is 0 Å². The summed E-state index contributed by atoms with van der Waals surface area (Å²) in [7, 11) is 4.16. The Morgan fingerprint density at radius 3 is 2.27 bits per heavy atom. The van der Waals surface area contributed by atoms with Crippen LogP contribution in [0.2, 0.25) is 5.02 Å². The van der Waals surface area contributed by atoms with Gasteiger partial charge in [-0.1, -0.05) is 63.9 Å². The number of hydrogen-bond donors (Lipinski definition) is 1. The lowest BCUT2D eigenvalue weighted by molar-refractivity contribution is -0.145. The number of hydrogen-bond acceptors (Lipinski definition) is 4. The SMILES string of the molecule is CC(O)CCC1(C)C(C)CCC2(C)C3CCC4(CC(=O)N(CCN(C)C)CC5(c6ccc(Cl)cc6)CC5)CC(=O)C(C(C)C)=C4C3CCC12. The first-order chi connectivity index (χ1) is 23.0. The zero-order valence-electron chi connectivity index (χ0n) is 31.9. The maximum atomic E-state index is 14.8. The molecule has 4 saturated carbocycles. The van der Waals surface area contributed by atoms with E-state index in [1.807, 2.05) is 19.1 Å². The molecule has 0 aliphatic heterocycles. The number of likely N-dealkylation sites (N-methyl/N-ethyl adjacent to an activating group) is 1. The van der Waals surface area contributed by atoms with Gasteiger partial charge in [-0.05, 0) is 149 Å². The number of aliphatic hydroxyl groups is 1. The zero-order valence-corrected chi connectivity index (χ0v) is 32.7.